The zero-order valence-electron chi connectivity index (χ0n) is 8.91. The van der Waals surface area contributed by atoms with Crippen LogP contribution >= 0.6 is 0 Å². The first-order chi connectivity index (χ1) is 7.06. The maximum Gasteiger partial charge on any atom is 0.303 e. The summed E-state index contributed by atoms with van der Waals surface area (Å²) in [4.78, 5) is 30.1. The standard InChI is InChI=1S/C6H12O2.C4H5NO2/c1-2-3-4-5-6(7)8;6-3-1-2-4(7)5-3/h2-5H2,1H3,(H,7,8);1-2H2,(H,5,6,7). The highest BCUT2D eigenvalue weighted by atomic mass is 16.4. The Kier molecular flexibility index (Phi) is 7.23. The van der Waals surface area contributed by atoms with E-state index in [1.165, 1.54) is 0 Å². The average molecular weight is 215 g/mol. The average Bonchev–Trinajstić information content (AvgIpc) is 2.51. The Labute approximate surface area is 88.9 Å². The molecule has 1 heterocycles. The fourth-order valence-electron chi connectivity index (χ4n) is 1.03. The zero-order valence-corrected chi connectivity index (χ0v) is 8.91. The molecule has 0 aromatic rings. The van der Waals surface area contributed by atoms with Gasteiger partial charge in [-0.3, -0.25) is 19.7 Å². The molecule has 0 atom stereocenters. The third-order valence-electron chi connectivity index (χ3n) is 1.85. The number of hydrogen-bond donors (Lipinski definition) is 2. The van der Waals surface area contributed by atoms with Crippen LogP contribution in [0, 0.1) is 0 Å². The molecule has 0 aliphatic carbocycles. The van der Waals surface area contributed by atoms with Gasteiger partial charge in [0.25, 0.3) is 0 Å². The molecule has 0 saturated carbocycles. The molecule has 0 radical (unpaired) electrons. The minimum Gasteiger partial charge on any atom is -0.481 e. The number of aliphatic carboxylic acids is 1. The van der Waals surface area contributed by atoms with Crippen LogP contribution in [0.5, 0.6) is 0 Å². The number of nitrogens with one attached hydrogen (secondary N) is 1. The van der Waals surface area contributed by atoms with E-state index in [1.807, 2.05) is 0 Å². The predicted octanol–water partition coefficient (Wildman–Crippen LogP) is 1.07. The maximum atomic E-state index is 10.1. The van der Waals surface area contributed by atoms with Crippen LogP contribution in [0.1, 0.15) is 45.4 Å². The lowest BCUT2D eigenvalue weighted by molar-refractivity contribution is -0.137. The smallest absolute Gasteiger partial charge is 0.303 e. The van der Waals surface area contributed by atoms with E-state index >= 15 is 0 Å². The van der Waals surface area contributed by atoms with E-state index < -0.39 is 5.97 Å². The van der Waals surface area contributed by atoms with Crippen molar-refractivity contribution in [3.8, 4) is 0 Å². The van der Waals surface area contributed by atoms with Gasteiger partial charge in [-0.1, -0.05) is 19.8 Å². The Morgan fingerprint density at radius 3 is 2.07 bits per heavy atom. The number of carbonyl (C=O) groups excluding carboxylic acids is 2. The van der Waals surface area contributed by atoms with E-state index in [0.29, 0.717) is 19.3 Å². The van der Waals surface area contributed by atoms with Crippen molar-refractivity contribution in [2.45, 2.75) is 45.4 Å². The van der Waals surface area contributed by atoms with Gasteiger partial charge in [-0.25, -0.2) is 0 Å². The third-order valence-corrected chi connectivity index (χ3v) is 1.85. The summed E-state index contributed by atoms with van der Waals surface area (Å²) in [6.45, 7) is 2.06. The molecule has 2 N–H and O–H groups in total. The second kappa shape index (κ2) is 7.96. The number of rotatable bonds is 4. The van der Waals surface area contributed by atoms with Crippen LogP contribution in [0.15, 0.2) is 0 Å². The van der Waals surface area contributed by atoms with E-state index in [0.717, 1.165) is 19.3 Å². The van der Waals surface area contributed by atoms with E-state index in [1.54, 1.807) is 0 Å². The lowest BCUT2D eigenvalue weighted by atomic mass is 10.2. The van der Waals surface area contributed by atoms with Crippen LogP contribution in [0.25, 0.3) is 0 Å². The highest BCUT2D eigenvalue weighted by Gasteiger charge is 2.15. The zero-order chi connectivity index (χ0) is 11.7. The minimum absolute atomic E-state index is 0.148. The van der Waals surface area contributed by atoms with Crippen LogP contribution in [-0.4, -0.2) is 22.9 Å². The SMILES string of the molecule is CCCCCC(=O)O.O=C1CCC(=O)N1. The molecule has 1 fully saturated rings. The van der Waals surface area contributed by atoms with Crippen molar-refractivity contribution in [1.29, 1.82) is 0 Å². The van der Waals surface area contributed by atoms with Crippen molar-refractivity contribution in [3.05, 3.63) is 0 Å². The molecule has 0 bridgehead atoms. The van der Waals surface area contributed by atoms with Crippen LogP contribution in [0.4, 0.5) is 0 Å². The Balaban J connectivity index is 0.000000262. The Morgan fingerprint density at radius 1 is 1.27 bits per heavy atom. The van der Waals surface area contributed by atoms with E-state index in [2.05, 4.69) is 12.2 Å². The number of carboxylic acids is 1. The second-order valence-electron chi connectivity index (χ2n) is 3.32. The number of imide groups is 1. The summed E-state index contributed by atoms with van der Waals surface area (Å²) in [6.07, 6.45) is 4.02. The van der Waals surface area contributed by atoms with Crippen molar-refractivity contribution in [2.24, 2.45) is 0 Å². The summed E-state index contributed by atoms with van der Waals surface area (Å²) in [5.74, 6) is -0.978. The molecule has 15 heavy (non-hydrogen) atoms. The van der Waals surface area contributed by atoms with Crippen molar-refractivity contribution in [1.82, 2.24) is 5.32 Å². The summed E-state index contributed by atoms with van der Waals surface area (Å²) < 4.78 is 0. The number of amides is 2. The normalized spacial score (nSPS) is 14.2. The van der Waals surface area contributed by atoms with Crippen molar-refractivity contribution < 1.29 is 19.5 Å². The van der Waals surface area contributed by atoms with E-state index in [9.17, 15) is 14.4 Å². The molecule has 0 aromatic carbocycles. The van der Waals surface area contributed by atoms with Gasteiger partial charge in [-0.15, -0.1) is 0 Å². The summed E-state index contributed by atoms with van der Waals surface area (Å²) in [5.41, 5.74) is 0. The Bertz CT molecular complexity index is 224. The van der Waals surface area contributed by atoms with Gasteiger partial charge in [0.15, 0.2) is 0 Å². The number of carboxylic acid groups (broad SMARTS) is 1. The molecule has 5 nitrogen and oxygen atoms in total. The van der Waals surface area contributed by atoms with Crippen LogP contribution in [0.3, 0.4) is 0 Å². The number of carbonyl (C=O) groups is 3. The first-order valence-corrected chi connectivity index (χ1v) is 5.10. The van der Waals surface area contributed by atoms with Gasteiger partial charge in [-0.2, -0.15) is 0 Å². The molecule has 0 aromatic heterocycles. The molecule has 0 spiro atoms. The minimum atomic E-state index is -0.682. The van der Waals surface area contributed by atoms with Crippen molar-refractivity contribution in [2.75, 3.05) is 0 Å². The third kappa shape index (κ3) is 8.93. The molecule has 86 valence electrons. The maximum absolute atomic E-state index is 10.1. The van der Waals surface area contributed by atoms with Gasteiger partial charge >= 0.3 is 5.97 Å². The van der Waals surface area contributed by atoms with E-state index in [4.69, 9.17) is 5.11 Å². The largest absolute Gasteiger partial charge is 0.481 e. The van der Waals surface area contributed by atoms with Gasteiger partial charge in [-0.05, 0) is 6.42 Å². The van der Waals surface area contributed by atoms with Crippen molar-refractivity contribution in [3.63, 3.8) is 0 Å². The molecule has 5 heteroatoms. The summed E-state index contributed by atoms with van der Waals surface area (Å²) in [5, 5.41) is 10.3. The van der Waals surface area contributed by atoms with Crippen molar-refractivity contribution >= 4 is 17.8 Å². The quantitative estimate of drug-likeness (QED) is 0.543. The summed E-state index contributed by atoms with van der Waals surface area (Å²) in [6, 6.07) is 0. The molecular formula is C10H17NO4. The summed E-state index contributed by atoms with van der Waals surface area (Å²) >= 11 is 0. The lowest BCUT2D eigenvalue weighted by Crippen LogP contribution is -2.18. The molecule has 2 amide bonds. The Hall–Kier alpha value is -1.39. The molecule has 1 rings (SSSR count). The summed E-state index contributed by atoms with van der Waals surface area (Å²) in [7, 11) is 0. The van der Waals surface area contributed by atoms with Gasteiger partial charge in [0, 0.05) is 19.3 Å². The lowest BCUT2D eigenvalue weighted by Gasteiger charge is -1.89. The first kappa shape index (κ1) is 13.6. The fourth-order valence-corrected chi connectivity index (χ4v) is 1.03. The second-order valence-corrected chi connectivity index (χ2v) is 3.32. The molecule has 0 unspecified atom stereocenters. The Morgan fingerprint density at radius 2 is 1.80 bits per heavy atom. The van der Waals surface area contributed by atoms with Crippen LogP contribution in [-0.2, 0) is 14.4 Å². The van der Waals surface area contributed by atoms with Gasteiger partial charge in [0.1, 0.15) is 0 Å². The molecule has 1 saturated heterocycles. The highest BCUT2D eigenvalue weighted by molar-refractivity contribution is 6.01. The van der Waals surface area contributed by atoms with Crippen LogP contribution < -0.4 is 5.32 Å². The fraction of sp³-hybridized carbons (Fsp3) is 0.700. The van der Waals surface area contributed by atoms with E-state index in [-0.39, 0.29) is 11.8 Å². The van der Waals surface area contributed by atoms with Gasteiger partial charge in [0.05, 0.1) is 0 Å². The van der Waals surface area contributed by atoms with Gasteiger partial charge < -0.3 is 5.11 Å². The highest BCUT2D eigenvalue weighted by Crippen LogP contribution is 1.97. The van der Waals surface area contributed by atoms with Crippen LogP contribution in [0.2, 0.25) is 0 Å². The van der Waals surface area contributed by atoms with Gasteiger partial charge in [0.2, 0.25) is 11.8 Å². The molecule has 1 aliphatic heterocycles. The monoisotopic (exact) mass is 215 g/mol. The predicted molar refractivity (Wildman–Crippen MR) is 54.2 cm³/mol. The first-order valence-electron chi connectivity index (χ1n) is 5.10. The number of hydrogen-bond acceptors (Lipinski definition) is 3. The molecular weight excluding hydrogens is 198 g/mol. The topological polar surface area (TPSA) is 83.5 Å². The number of unbranched alkanes of at least 4 members (excludes halogenated alkanes) is 2. The molecule has 1 aliphatic rings.